The molecule has 26 heavy (non-hydrogen) atoms. The quantitative estimate of drug-likeness (QED) is 0.560. The summed E-state index contributed by atoms with van der Waals surface area (Å²) in [6, 6.07) is 15.6. The van der Waals surface area contributed by atoms with Crippen LogP contribution in [0.5, 0.6) is 11.8 Å². The molecule has 0 aliphatic rings. The number of anilines is 1. The van der Waals surface area contributed by atoms with E-state index in [0.717, 1.165) is 10.1 Å². The Hall–Kier alpha value is -3.32. The molecule has 0 saturated carbocycles. The van der Waals surface area contributed by atoms with Crippen molar-refractivity contribution in [1.29, 1.82) is 0 Å². The number of rotatable bonds is 4. The van der Waals surface area contributed by atoms with Crippen molar-refractivity contribution in [1.82, 2.24) is 9.97 Å². The standard InChI is InChI=1S/C19H12FN3O2S/c20-14-6-2-3-7-15(14)25-19-21-10-13(11-22-19)23-18(24)17-9-12-5-1-4-8-16(12)26-17/h1-11H,(H,23,24). The second-order valence-corrected chi connectivity index (χ2v) is 6.47. The van der Waals surface area contributed by atoms with E-state index in [4.69, 9.17) is 4.74 Å². The molecule has 0 aliphatic heterocycles. The minimum atomic E-state index is -0.502. The Morgan fingerprint density at radius 1 is 1.04 bits per heavy atom. The van der Waals surface area contributed by atoms with Crippen LogP contribution in [0.4, 0.5) is 10.1 Å². The highest BCUT2D eigenvalue weighted by Crippen LogP contribution is 2.26. The summed E-state index contributed by atoms with van der Waals surface area (Å²) in [6.45, 7) is 0. The summed E-state index contributed by atoms with van der Waals surface area (Å²) in [5.41, 5.74) is 0.424. The zero-order valence-corrected chi connectivity index (χ0v) is 14.2. The van der Waals surface area contributed by atoms with Gasteiger partial charge < -0.3 is 10.1 Å². The summed E-state index contributed by atoms with van der Waals surface area (Å²) < 4.78 is 19.9. The summed E-state index contributed by atoms with van der Waals surface area (Å²) >= 11 is 1.41. The van der Waals surface area contributed by atoms with Gasteiger partial charge >= 0.3 is 6.01 Å². The van der Waals surface area contributed by atoms with E-state index in [0.29, 0.717) is 10.6 Å². The molecule has 7 heteroatoms. The van der Waals surface area contributed by atoms with Gasteiger partial charge in [0.2, 0.25) is 0 Å². The molecular weight excluding hydrogens is 353 g/mol. The van der Waals surface area contributed by atoms with Crippen molar-refractivity contribution in [3.05, 3.63) is 77.7 Å². The number of para-hydroxylation sites is 1. The van der Waals surface area contributed by atoms with Gasteiger partial charge in [0.1, 0.15) is 0 Å². The van der Waals surface area contributed by atoms with Crippen LogP contribution < -0.4 is 10.1 Å². The van der Waals surface area contributed by atoms with E-state index in [1.54, 1.807) is 12.1 Å². The third-order valence-corrected chi connectivity index (χ3v) is 4.69. The smallest absolute Gasteiger partial charge is 0.322 e. The van der Waals surface area contributed by atoms with E-state index < -0.39 is 5.82 Å². The first-order chi connectivity index (χ1) is 12.7. The van der Waals surface area contributed by atoms with E-state index in [9.17, 15) is 9.18 Å². The Balaban J connectivity index is 1.47. The fourth-order valence-electron chi connectivity index (χ4n) is 2.35. The molecule has 4 aromatic rings. The van der Waals surface area contributed by atoms with Gasteiger partial charge in [-0.25, -0.2) is 14.4 Å². The fraction of sp³-hybridized carbons (Fsp3) is 0. The highest BCUT2D eigenvalue weighted by molar-refractivity contribution is 7.20. The summed E-state index contributed by atoms with van der Waals surface area (Å²) in [7, 11) is 0. The molecule has 2 aromatic heterocycles. The third-order valence-electron chi connectivity index (χ3n) is 3.57. The van der Waals surface area contributed by atoms with Crippen molar-refractivity contribution in [3.63, 3.8) is 0 Å². The monoisotopic (exact) mass is 365 g/mol. The minimum Gasteiger partial charge on any atom is -0.421 e. The van der Waals surface area contributed by atoms with Crippen LogP contribution >= 0.6 is 11.3 Å². The second kappa shape index (κ2) is 6.89. The molecule has 0 fully saturated rings. The maximum absolute atomic E-state index is 13.6. The van der Waals surface area contributed by atoms with E-state index >= 15 is 0 Å². The molecule has 1 N–H and O–H groups in total. The Morgan fingerprint density at radius 2 is 1.77 bits per heavy atom. The number of fused-ring (bicyclic) bond motifs is 1. The van der Waals surface area contributed by atoms with Crippen molar-refractivity contribution in [2.45, 2.75) is 0 Å². The molecule has 4 rings (SSSR count). The van der Waals surface area contributed by atoms with Gasteiger partial charge in [0.25, 0.3) is 5.91 Å². The van der Waals surface area contributed by atoms with Gasteiger partial charge in [0.15, 0.2) is 11.6 Å². The number of halogens is 1. The molecule has 0 unspecified atom stereocenters. The molecule has 0 atom stereocenters. The number of thiophene rings is 1. The van der Waals surface area contributed by atoms with Crippen molar-refractivity contribution in [2.75, 3.05) is 5.32 Å². The van der Waals surface area contributed by atoms with E-state index in [2.05, 4.69) is 15.3 Å². The number of amides is 1. The number of nitrogens with zero attached hydrogens (tertiary/aromatic N) is 2. The topological polar surface area (TPSA) is 64.1 Å². The Bertz CT molecular complexity index is 1050. The van der Waals surface area contributed by atoms with Gasteiger partial charge in [-0.05, 0) is 29.7 Å². The van der Waals surface area contributed by atoms with Gasteiger partial charge in [-0.15, -0.1) is 11.3 Å². The lowest BCUT2D eigenvalue weighted by Gasteiger charge is -2.06. The van der Waals surface area contributed by atoms with E-state index in [-0.39, 0.29) is 17.7 Å². The summed E-state index contributed by atoms with van der Waals surface area (Å²) in [5, 5.41) is 3.76. The summed E-state index contributed by atoms with van der Waals surface area (Å²) in [6.07, 6.45) is 2.82. The number of hydrogen-bond donors (Lipinski definition) is 1. The molecule has 1 amide bonds. The maximum Gasteiger partial charge on any atom is 0.322 e. The van der Waals surface area contributed by atoms with Crippen LogP contribution in [-0.4, -0.2) is 15.9 Å². The van der Waals surface area contributed by atoms with Crippen LogP contribution in [0.2, 0.25) is 0 Å². The molecule has 0 radical (unpaired) electrons. The Morgan fingerprint density at radius 3 is 2.54 bits per heavy atom. The Labute approximate surface area is 152 Å². The van der Waals surface area contributed by atoms with Gasteiger partial charge in [-0.3, -0.25) is 4.79 Å². The molecule has 0 spiro atoms. The minimum absolute atomic E-state index is 0.00467. The average Bonchev–Trinajstić information content (AvgIpc) is 3.10. The normalized spacial score (nSPS) is 10.7. The SMILES string of the molecule is O=C(Nc1cnc(Oc2ccccc2F)nc1)c1cc2ccccc2s1. The van der Waals surface area contributed by atoms with Crippen molar-refractivity contribution < 1.29 is 13.9 Å². The first-order valence-corrected chi connectivity index (χ1v) is 8.55. The van der Waals surface area contributed by atoms with Crippen molar-refractivity contribution in [3.8, 4) is 11.8 Å². The van der Waals surface area contributed by atoms with Crippen LogP contribution in [0.25, 0.3) is 10.1 Å². The predicted octanol–water partition coefficient (Wildman–Crippen LogP) is 4.88. The van der Waals surface area contributed by atoms with E-state index in [1.807, 2.05) is 30.3 Å². The van der Waals surface area contributed by atoms with Gasteiger partial charge in [-0.1, -0.05) is 30.3 Å². The predicted molar refractivity (Wildman–Crippen MR) is 98.3 cm³/mol. The lowest BCUT2D eigenvalue weighted by molar-refractivity contribution is 0.103. The first kappa shape index (κ1) is 16.2. The van der Waals surface area contributed by atoms with Crippen LogP contribution in [0.15, 0.2) is 67.0 Å². The summed E-state index contributed by atoms with van der Waals surface area (Å²) in [4.78, 5) is 20.9. The number of hydrogen-bond acceptors (Lipinski definition) is 5. The number of benzene rings is 2. The second-order valence-electron chi connectivity index (χ2n) is 5.39. The van der Waals surface area contributed by atoms with Crippen LogP contribution in [0.3, 0.4) is 0 Å². The first-order valence-electron chi connectivity index (χ1n) is 7.73. The highest BCUT2D eigenvalue weighted by atomic mass is 32.1. The molecular formula is C19H12FN3O2S. The zero-order valence-electron chi connectivity index (χ0n) is 13.3. The molecule has 0 aliphatic carbocycles. The lowest BCUT2D eigenvalue weighted by atomic mass is 10.2. The van der Waals surface area contributed by atoms with Crippen LogP contribution in [0.1, 0.15) is 9.67 Å². The number of carbonyl (C=O) groups excluding carboxylic acids is 1. The van der Waals surface area contributed by atoms with E-state index in [1.165, 1.54) is 35.9 Å². The number of aromatic nitrogens is 2. The molecule has 2 heterocycles. The van der Waals surface area contributed by atoms with Crippen molar-refractivity contribution in [2.24, 2.45) is 0 Å². The maximum atomic E-state index is 13.6. The van der Waals surface area contributed by atoms with Crippen molar-refractivity contribution >= 4 is 33.0 Å². The molecule has 0 bridgehead atoms. The molecule has 5 nitrogen and oxygen atoms in total. The average molecular weight is 365 g/mol. The largest absolute Gasteiger partial charge is 0.421 e. The summed E-state index contributed by atoms with van der Waals surface area (Å²) in [5.74, 6) is -0.703. The molecule has 128 valence electrons. The number of ether oxygens (including phenoxy) is 1. The lowest BCUT2D eigenvalue weighted by Crippen LogP contribution is -2.10. The third kappa shape index (κ3) is 3.38. The fourth-order valence-corrected chi connectivity index (χ4v) is 3.30. The van der Waals surface area contributed by atoms with Gasteiger partial charge in [0, 0.05) is 4.70 Å². The number of nitrogens with one attached hydrogen (secondary N) is 1. The van der Waals surface area contributed by atoms with Crippen LogP contribution in [-0.2, 0) is 0 Å². The number of carbonyl (C=O) groups is 1. The zero-order chi connectivity index (χ0) is 17.9. The molecule has 2 aromatic carbocycles. The van der Waals surface area contributed by atoms with Crippen LogP contribution in [0, 0.1) is 5.82 Å². The molecule has 0 saturated heterocycles. The van der Waals surface area contributed by atoms with Gasteiger partial charge in [0.05, 0.1) is 23.0 Å². The Kier molecular flexibility index (Phi) is 4.28. The highest BCUT2D eigenvalue weighted by Gasteiger charge is 2.11. The van der Waals surface area contributed by atoms with Gasteiger partial charge in [-0.2, -0.15) is 0 Å².